The maximum Gasteiger partial charge on any atom is 0.348 e. The maximum atomic E-state index is 13.0. The molecule has 5 aromatic carbocycles. The Morgan fingerprint density at radius 1 is 0.579 bits per heavy atom. The summed E-state index contributed by atoms with van der Waals surface area (Å²) >= 11 is 1.51. The van der Waals surface area contributed by atoms with Gasteiger partial charge in [-0.2, -0.15) is 0 Å². The van der Waals surface area contributed by atoms with Crippen LogP contribution in [0.15, 0.2) is 127 Å². The molecule has 0 saturated heterocycles. The lowest BCUT2D eigenvalue weighted by Gasteiger charge is -2.22. The fourth-order valence-electron chi connectivity index (χ4n) is 5.14. The lowest BCUT2D eigenvalue weighted by Crippen LogP contribution is -2.01. The van der Waals surface area contributed by atoms with Crippen LogP contribution >= 0.6 is 11.3 Å². The Morgan fingerprint density at radius 2 is 0.974 bits per heavy atom. The quantitative estimate of drug-likeness (QED) is 0.208. The number of benzene rings is 5. The summed E-state index contributed by atoms with van der Waals surface area (Å²) in [5, 5.41) is 1.06. The minimum absolute atomic E-state index is 0.283. The third-order valence-corrected chi connectivity index (χ3v) is 7.84. The number of thiophene rings is 1. The highest BCUT2D eigenvalue weighted by molar-refractivity contribution is 7.21. The summed E-state index contributed by atoms with van der Waals surface area (Å²) in [4.78, 5) is 13.6. The first-order valence-corrected chi connectivity index (χ1v) is 13.6. The maximum absolute atomic E-state index is 13.0. The monoisotopic (exact) mass is 510 g/mol. The first kappa shape index (κ1) is 23.9. The second-order valence-corrected chi connectivity index (χ2v) is 10.1. The van der Waals surface area contributed by atoms with E-state index in [4.69, 9.17) is 4.74 Å². The lowest BCUT2D eigenvalue weighted by atomic mass is 9.81. The largest absolute Gasteiger partial charge is 0.462 e. The molecular formula is C35H26O2S. The number of carbonyl (C=O) groups excluding carboxylic acids is 1. The van der Waals surface area contributed by atoms with E-state index < -0.39 is 0 Å². The summed E-state index contributed by atoms with van der Waals surface area (Å²) in [6.45, 7) is 2.19. The van der Waals surface area contributed by atoms with Gasteiger partial charge in [-0.25, -0.2) is 4.79 Å². The highest BCUT2D eigenvalue weighted by atomic mass is 32.1. The van der Waals surface area contributed by atoms with E-state index in [2.05, 4.69) is 103 Å². The molecule has 0 N–H and O–H groups in total. The van der Waals surface area contributed by atoms with Gasteiger partial charge in [0.15, 0.2) is 0 Å². The third kappa shape index (κ3) is 4.31. The van der Waals surface area contributed by atoms with Gasteiger partial charge in [-0.1, -0.05) is 121 Å². The van der Waals surface area contributed by atoms with Crippen LogP contribution in [0.4, 0.5) is 0 Å². The van der Waals surface area contributed by atoms with Crippen LogP contribution in [0.2, 0.25) is 0 Å². The molecule has 6 aromatic rings. The molecule has 0 aliphatic rings. The van der Waals surface area contributed by atoms with Crippen molar-refractivity contribution in [2.45, 2.75) is 6.92 Å². The summed E-state index contributed by atoms with van der Waals surface area (Å²) in [5.41, 5.74) is 9.06. The van der Waals surface area contributed by atoms with E-state index in [-0.39, 0.29) is 5.97 Å². The molecule has 1 aromatic heterocycles. The average molecular weight is 511 g/mol. The highest BCUT2D eigenvalue weighted by Gasteiger charge is 2.26. The topological polar surface area (TPSA) is 26.3 Å². The Hall–Kier alpha value is -4.47. The van der Waals surface area contributed by atoms with Gasteiger partial charge in [-0.05, 0) is 51.9 Å². The van der Waals surface area contributed by atoms with Crippen LogP contribution in [0.1, 0.15) is 16.6 Å². The first-order chi connectivity index (χ1) is 18.8. The van der Waals surface area contributed by atoms with Crippen LogP contribution in [0.5, 0.6) is 0 Å². The van der Waals surface area contributed by atoms with E-state index in [9.17, 15) is 4.79 Å². The lowest BCUT2D eigenvalue weighted by molar-refractivity contribution is 0.0532. The Morgan fingerprint density at radius 3 is 1.42 bits per heavy atom. The van der Waals surface area contributed by atoms with Gasteiger partial charge in [0.2, 0.25) is 0 Å². The molecule has 0 aliphatic carbocycles. The summed E-state index contributed by atoms with van der Waals surface area (Å²) in [5.74, 6) is -0.283. The molecule has 0 saturated carbocycles. The molecule has 0 amide bonds. The molecule has 0 fully saturated rings. The number of hydrogen-bond donors (Lipinski definition) is 0. The van der Waals surface area contributed by atoms with Crippen molar-refractivity contribution in [1.29, 1.82) is 0 Å². The predicted octanol–water partition coefficient (Wildman–Crippen LogP) is 9.75. The molecule has 184 valence electrons. The molecule has 0 unspecified atom stereocenters. The first-order valence-electron chi connectivity index (χ1n) is 12.8. The summed E-state index contributed by atoms with van der Waals surface area (Å²) in [6.07, 6.45) is 0. The number of esters is 1. The van der Waals surface area contributed by atoms with Crippen LogP contribution in [0, 0.1) is 0 Å². The zero-order valence-electron chi connectivity index (χ0n) is 21.1. The number of fused-ring (bicyclic) bond motifs is 1. The molecular weight excluding hydrogens is 484 g/mol. The van der Waals surface area contributed by atoms with Gasteiger partial charge in [-0.3, -0.25) is 0 Å². The van der Waals surface area contributed by atoms with E-state index in [1.807, 2.05) is 31.2 Å². The van der Waals surface area contributed by atoms with E-state index in [0.717, 1.165) is 54.6 Å². The van der Waals surface area contributed by atoms with Gasteiger partial charge in [0.05, 0.1) is 6.61 Å². The molecule has 0 atom stereocenters. The van der Waals surface area contributed by atoms with Crippen molar-refractivity contribution in [3.8, 4) is 44.5 Å². The molecule has 0 spiro atoms. The molecule has 3 heteroatoms. The zero-order chi connectivity index (χ0) is 25.9. The SMILES string of the molecule is CCOC(=O)c1cc2c(-c3ccccc3)c(-c3ccccc3)c(-c3ccccc3)c(-c3ccccc3)c2s1. The fourth-order valence-corrected chi connectivity index (χ4v) is 6.27. The van der Waals surface area contributed by atoms with Crippen molar-refractivity contribution in [2.75, 3.05) is 6.61 Å². The van der Waals surface area contributed by atoms with Gasteiger partial charge in [0.1, 0.15) is 4.88 Å². The Kier molecular flexibility index (Phi) is 6.60. The van der Waals surface area contributed by atoms with Crippen molar-refractivity contribution >= 4 is 27.4 Å². The average Bonchev–Trinajstić information content (AvgIpc) is 3.43. The molecule has 0 aliphatic heterocycles. The van der Waals surface area contributed by atoms with Crippen molar-refractivity contribution in [3.63, 3.8) is 0 Å². The highest BCUT2D eigenvalue weighted by Crippen LogP contribution is 2.52. The molecule has 1 heterocycles. The predicted molar refractivity (Wildman–Crippen MR) is 160 cm³/mol. The number of ether oxygens (including phenoxy) is 1. The van der Waals surface area contributed by atoms with E-state index in [1.165, 1.54) is 11.3 Å². The van der Waals surface area contributed by atoms with Gasteiger partial charge >= 0.3 is 5.97 Å². The zero-order valence-corrected chi connectivity index (χ0v) is 21.9. The minimum Gasteiger partial charge on any atom is -0.462 e. The van der Waals surface area contributed by atoms with Crippen molar-refractivity contribution in [1.82, 2.24) is 0 Å². The van der Waals surface area contributed by atoms with Crippen LogP contribution in [0.3, 0.4) is 0 Å². The molecule has 0 radical (unpaired) electrons. The van der Waals surface area contributed by atoms with E-state index >= 15 is 0 Å². The van der Waals surface area contributed by atoms with E-state index in [0.29, 0.717) is 11.5 Å². The molecule has 38 heavy (non-hydrogen) atoms. The van der Waals surface area contributed by atoms with Gasteiger partial charge < -0.3 is 4.74 Å². The van der Waals surface area contributed by atoms with Gasteiger partial charge in [0.25, 0.3) is 0 Å². The van der Waals surface area contributed by atoms with Crippen LogP contribution in [-0.4, -0.2) is 12.6 Å². The Bertz CT molecular complexity index is 1580. The molecule has 6 rings (SSSR count). The van der Waals surface area contributed by atoms with E-state index in [1.54, 1.807) is 0 Å². The second-order valence-electron chi connectivity index (χ2n) is 9.04. The summed E-state index contributed by atoms with van der Waals surface area (Å²) < 4.78 is 6.53. The number of hydrogen-bond acceptors (Lipinski definition) is 3. The van der Waals surface area contributed by atoms with Crippen molar-refractivity contribution < 1.29 is 9.53 Å². The molecule has 2 nitrogen and oxygen atoms in total. The third-order valence-electron chi connectivity index (χ3n) is 6.70. The summed E-state index contributed by atoms with van der Waals surface area (Å²) in [7, 11) is 0. The van der Waals surface area contributed by atoms with Crippen LogP contribution in [-0.2, 0) is 4.74 Å². The Balaban J connectivity index is 1.87. The summed E-state index contributed by atoms with van der Waals surface area (Å²) in [6, 6.07) is 44.1. The smallest absolute Gasteiger partial charge is 0.348 e. The second kappa shape index (κ2) is 10.5. The number of rotatable bonds is 6. The van der Waals surface area contributed by atoms with Gasteiger partial charge in [0, 0.05) is 15.6 Å². The molecule has 0 bridgehead atoms. The van der Waals surface area contributed by atoms with Crippen molar-refractivity contribution in [2.24, 2.45) is 0 Å². The minimum atomic E-state index is -0.283. The fraction of sp³-hybridized carbons (Fsp3) is 0.0571. The Labute approximate surface area is 226 Å². The van der Waals surface area contributed by atoms with Crippen LogP contribution in [0.25, 0.3) is 54.6 Å². The standard InChI is InChI=1S/C35H26O2S/c1-2-37-35(36)29-23-28-30(24-15-7-3-8-16-24)31(25-17-9-4-10-18-25)32(26-19-11-5-12-20-26)33(34(28)38-29)27-21-13-6-14-22-27/h3-23H,2H2,1H3. The number of carbonyl (C=O) groups is 1. The van der Waals surface area contributed by atoms with Gasteiger partial charge in [-0.15, -0.1) is 11.3 Å². The normalized spacial score (nSPS) is 11.0. The van der Waals surface area contributed by atoms with Crippen LogP contribution < -0.4 is 0 Å². The van der Waals surface area contributed by atoms with Crippen molar-refractivity contribution in [3.05, 3.63) is 132 Å².